The van der Waals surface area contributed by atoms with E-state index in [1.54, 1.807) is 4.90 Å². The first-order valence-corrected chi connectivity index (χ1v) is 5.07. The normalized spacial score (nSPS) is 28.9. The van der Waals surface area contributed by atoms with Crippen molar-refractivity contribution in [3.63, 3.8) is 0 Å². The van der Waals surface area contributed by atoms with Crippen LogP contribution in [0.15, 0.2) is 0 Å². The summed E-state index contributed by atoms with van der Waals surface area (Å²) in [4.78, 5) is 24.6. The molecule has 0 aromatic rings. The van der Waals surface area contributed by atoms with E-state index >= 15 is 0 Å². The molecular weight excluding hydrogens is 182 g/mol. The molecule has 0 bridgehead atoms. The van der Waals surface area contributed by atoms with Gasteiger partial charge >= 0.3 is 0 Å². The third kappa shape index (κ3) is 1.87. The van der Waals surface area contributed by atoms with Gasteiger partial charge < -0.3 is 10.2 Å². The lowest BCUT2D eigenvalue weighted by atomic mass is 10.3. The van der Waals surface area contributed by atoms with E-state index in [9.17, 15) is 9.59 Å². The molecule has 1 atom stereocenters. The summed E-state index contributed by atoms with van der Waals surface area (Å²) in [5.74, 6) is 0.0206. The SMILES string of the molecule is O=C1CN(C2CCCN2)C(=O)CCN1. The van der Waals surface area contributed by atoms with E-state index in [0.717, 1.165) is 19.4 Å². The number of nitrogens with one attached hydrogen (secondary N) is 2. The zero-order chi connectivity index (χ0) is 9.97. The van der Waals surface area contributed by atoms with Crippen LogP contribution in [-0.2, 0) is 9.59 Å². The Kier molecular flexibility index (Phi) is 2.67. The van der Waals surface area contributed by atoms with Crippen molar-refractivity contribution in [3.05, 3.63) is 0 Å². The Morgan fingerprint density at radius 2 is 2.14 bits per heavy atom. The van der Waals surface area contributed by atoms with Gasteiger partial charge in [-0.3, -0.25) is 14.9 Å². The molecule has 2 saturated heterocycles. The maximum Gasteiger partial charge on any atom is 0.239 e. The van der Waals surface area contributed by atoms with Crippen molar-refractivity contribution in [1.29, 1.82) is 0 Å². The largest absolute Gasteiger partial charge is 0.354 e. The van der Waals surface area contributed by atoms with Crippen molar-refractivity contribution in [2.45, 2.75) is 25.4 Å². The number of carbonyl (C=O) groups excluding carboxylic acids is 2. The lowest BCUT2D eigenvalue weighted by Crippen LogP contribution is -2.47. The van der Waals surface area contributed by atoms with Gasteiger partial charge in [-0.05, 0) is 19.4 Å². The third-order valence-corrected chi connectivity index (χ3v) is 2.71. The summed E-state index contributed by atoms with van der Waals surface area (Å²) in [7, 11) is 0. The molecule has 0 aromatic carbocycles. The summed E-state index contributed by atoms with van der Waals surface area (Å²) in [6, 6.07) is 0. The molecule has 2 fully saturated rings. The standard InChI is InChI=1S/C9H15N3O2/c13-8-6-12(7-2-1-4-10-7)9(14)3-5-11-8/h7,10H,1-6H2,(H,11,13). The summed E-state index contributed by atoms with van der Waals surface area (Å²) < 4.78 is 0. The smallest absolute Gasteiger partial charge is 0.239 e. The summed E-state index contributed by atoms with van der Waals surface area (Å²) in [6.45, 7) is 1.62. The van der Waals surface area contributed by atoms with Crippen molar-refractivity contribution in [2.24, 2.45) is 0 Å². The number of hydrogen-bond acceptors (Lipinski definition) is 3. The predicted octanol–water partition coefficient (Wildman–Crippen LogP) is -0.956. The molecule has 1 unspecified atom stereocenters. The Morgan fingerprint density at radius 1 is 1.29 bits per heavy atom. The van der Waals surface area contributed by atoms with Crippen LogP contribution in [0.2, 0.25) is 0 Å². The van der Waals surface area contributed by atoms with Crippen molar-refractivity contribution in [1.82, 2.24) is 15.5 Å². The predicted molar refractivity (Wildman–Crippen MR) is 50.4 cm³/mol. The minimum Gasteiger partial charge on any atom is -0.354 e. The van der Waals surface area contributed by atoms with Gasteiger partial charge in [0.05, 0.1) is 6.17 Å². The van der Waals surface area contributed by atoms with Crippen LogP contribution < -0.4 is 10.6 Å². The number of carbonyl (C=O) groups is 2. The van der Waals surface area contributed by atoms with Gasteiger partial charge in [-0.1, -0.05) is 0 Å². The van der Waals surface area contributed by atoms with Gasteiger partial charge in [-0.25, -0.2) is 0 Å². The van der Waals surface area contributed by atoms with E-state index in [4.69, 9.17) is 0 Å². The second-order valence-electron chi connectivity index (χ2n) is 3.73. The van der Waals surface area contributed by atoms with Gasteiger partial charge in [0.1, 0.15) is 6.54 Å². The van der Waals surface area contributed by atoms with Crippen LogP contribution in [0.5, 0.6) is 0 Å². The second-order valence-corrected chi connectivity index (χ2v) is 3.73. The minimum atomic E-state index is -0.0513. The summed E-state index contributed by atoms with van der Waals surface area (Å²) >= 11 is 0. The van der Waals surface area contributed by atoms with Gasteiger partial charge in [-0.2, -0.15) is 0 Å². The zero-order valence-electron chi connectivity index (χ0n) is 8.08. The lowest BCUT2D eigenvalue weighted by molar-refractivity contribution is -0.136. The molecule has 2 heterocycles. The van der Waals surface area contributed by atoms with Crippen molar-refractivity contribution < 1.29 is 9.59 Å². The average Bonchev–Trinajstić information content (AvgIpc) is 2.61. The molecule has 0 aliphatic carbocycles. The summed E-state index contributed by atoms with van der Waals surface area (Å²) in [6.07, 6.45) is 2.53. The van der Waals surface area contributed by atoms with E-state index in [2.05, 4.69) is 10.6 Å². The molecular formula is C9H15N3O2. The van der Waals surface area contributed by atoms with Crippen molar-refractivity contribution in [3.8, 4) is 0 Å². The van der Waals surface area contributed by atoms with Crippen LogP contribution in [0.3, 0.4) is 0 Å². The molecule has 0 radical (unpaired) electrons. The first-order valence-electron chi connectivity index (χ1n) is 5.07. The number of rotatable bonds is 1. The van der Waals surface area contributed by atoms with Crippen LogP contribution in [0, 0.1) is 0 Å². The minimum absolute atomic E-state index is 0.0513. The van der Waals surface area contributed by atoms with Gasteiger partial charge in [0.15, 0.2) is 0 Å². The van der Waals surface area contributed by atoms with E-state index in [1.165, 1.54) is 0 Å². The Hall–Kier alpha value is -1.10. The Bertz CT molecular complexity index is 248. The van der Waals surface area contributed by atoms with Crippen LogP contribution >= 0.6 is 0 Å². The fourth-order valence-electron chi connectivity index (χ4n) is 1.97. The third-order valence-electron chi connectivity index (χ3n) is 2.71. The first kappa shape index (κ1) is 9.45. The molecule has 78 valence electrons. The second kappa shape index (κ2) is 3.96. The summed E-state index contributed by atoms with van der Waals surface area (Å²) in [5.41, 5.74) is 0. The highest BCUT2D eigenvalue weighted by Crippen LogP contribution is 2.12. The molecule has 0 spiro atoms. The summed E-state index contributed by atoms with van der Waals surface area (Å²) in [5, 5.41) is 5.93. The molecule has 2 N–H and O–H groups in total. The first-order chi connectivity index (χ1) is 6.77. The van der Waals surface area contributed by atoms with E-state index in [0.29, 0.717) is 13.0 Å². The topological polar surface area (TPSA) is 61.4 Å². The maximum atomic E-state index is 11.6. The molecule has 2 amide bonds. The zero-order valence-corrected chi connectivity index (χ0v) is 8.08. The molecule has 2 aliphatic heterocycles. The Morgan fingerprint density at radius 3 is 2.86 bits per heavy atom. The van der Waals surface area contributed by atoms with E-state index in [1.807, 2.05) is 0 Å². The highest BCUT2D eigenvalue weighted by molar-refractivity contribution is 5.87. The molecule has 5 heteroatoms. The molecule has 14 heavy (non-hydrogen) atoms. The van der Waals surface area contributed by atoms with Crippen LogP contribution in [0.1, 0.15) is 19.3 Å². The molecule has 2 rings (SSSR count). The molecule has 0 saturated carbocycles. The van der Waals surface area contributed by atoms with Gasteiger partial charge in [0.25, 0.3) is 0 Å². The quantitative estimate of drug-likeness (QED) is 0.569. The van der Waals surface area contributed by atoms with Crippen molar-refractivity contribution >= 4 is 11.8 Å². The maximum absolute atomic E-state index is 11.6. The molecule has 0 aromatic heterocycles. The van der Waals surface area contributed by atoms with E-state index < -0.39 is 0 Å². The van der Waals surface area contributed by atoms with Gasteiger partial charge in [-0.15, -0.1) is 0 Å². The number of nitrogens with zero attached hydrogens (tertiary/aromatic N) is 1. The van der Waals surface area contributed by atoms with E-state index in [-0.39, 0.29) is 24.5 Å². The number of hydrogen-bond donors (Lipinski definition) is 2. The van der Waals surface area contributed by atoms with Crippen molar-refractivity contribution in [2.75, 3.05) is 19.6 Å². The van der Waals surface area contributed by atoms with Crippen LogP contribution in [0.25, 0.3) is 0 Å². The highest BCUT2D eigenvalue weighted by atomic mass is 16.2. The Balaban J connectivity index is 2.05. The highest BCUT2D eigenvalue weighted by Gasteiger charge is 2.29. The fourth-order valence-corrected chi connectivity index (χ4v) is 1.97. The molecule has 2 aliphatic rings. The van der Waals surface area contributed by atoms with Gasteiger partial charge in [0.2, 0.25) is 11.8 Å². The molecule has 5 nitrogen and oxygen atoms in total. The Labute approximate surface area is 82.8 Å². The van der Waals surface area contributed by atoms with Crippen LogP contribution in [0.4, 0.5) is 0 Å². The fraction of sp³-hybridized carbons (Fsp3) is 0.778. The lowest BCUT2D eigenvalue weighted by Gasteiger charge is -2.26. The van der Waals surface area contributed by atoms with Gasteiger partial charge in [0, 0.05) is 13.0 Å². The monoisotopic (exact) mass is 197 g/mol. The van der Waals surface area contributed by atoms with Crippen LogP contribution in [-0.4, -0.2) is 42.5 Å². The number of amides is 2. The average molecular weight is 197 g/mol.